The Morgan fingerprint density at radius 3 is 2.94 bits per heavy atom. The molecule has 1 heterocycles. The van der Waals surface area contributed by atoms with Crippen LogP contribution in [0.5, 0.6) is 0 Å². The number of nitrogens with two attached hydrogens (primary N) is 1. The summed E-state index contributed by atoms with van der Waals surface area (Å²) in [7, 11) is 0. The molecule has 0 amide bonds. The number of hydrogen-bond acceptors (Lipinski definition) is 2. The van der Waals surface area contributed by atoms with E-state index in [1.807, 2.05) is 12.1 Å². The van der Waals surface area contributed by atoms with Gasteiger partial charge in [0.25, 0.3) is 0 Å². The molecule has 1 fully saturated rings. The summed E-state index contributed by atoms with van der Waals surface area (Å²) in [5.41, 5.74) is 6.45. The molecule has 2 unspecified atom stereocenters. The van der Waals surface area contributed by atoms with Crippen molar-refractivity contribution in [2.24, 2.45) is 11.7 Å². The Bertz CT molecular complexity index is 379. The third kappa shape index (κ3) is 3.09. The summed E-state index contributed by atoms with van der Waals surface area (Å²) in [4.78, 5) is 2.39. The molecule has 0 spiro atoms. The topological polar surface area (TPSA) is 29.3 Å². The zero-order valence-corrected chi connectivity index (χ0v) is 11.1. The monoisotopic (exact) mass is 250 g/mol. The minimum Gasteiger partial charge on any atom is -0.330 e. The first-order valence-electron chi connectivity index (χ1n) is 6.91. The van der Waals surface area contributed by atoms with Gasteiger partial charge in [-0.05, 0) is 51.3 Å². The number of piperidine rings is 1. The lowest BCUT2D eigenvalue weighted by atomic mass is 9.92. The Balaban J connectivity index is 2.04. The average Bonchev–Trinajstić information content (AvgIpc) is 2.39. The molecular weight excluding hydrogens is 227 g/mol. The van der Waals surface area contributed by atoms with Crippen molar-refractivity contribution >= 4 is 0 Å². The number of hydrogen-bond donors (Lipinski definition) is 1. The third-order valence-corrected chi connectivity index (χ3v) is 4.03. The van der Waals surface area contributed by atoms with Gasteiger partial charge >= 0.3 is 0 Å². The molecule has 18 heavy (non-hydrogen) atoms. The molecule has 2 N–H and O–H groups in total. The first kappa shape index (κ1) is 13.5. The fourth-order valence-corrected chi connectivity index (χ4v) is 2.93. The summed E-state index contributed by atoms with van der Waals surface area (Å²) < 4.78 is 13.8. The predicted octanol–water partition coefficient (Wildman–Crippen LogP) is 2.95. The van der Waals surface area contributed by atoms with Gasteiger partial charge in [-0.25, -0.2) is 4.39 Å². The number of nitrogens with zero attached hydrogens (tertiary/aromatic N) is 1. The van der Waals surface area contributed by atoms with Crippen LogP contribution in [0.3, 0.4) is 0 Å². The summed E-state index contributed by atoms with van der Waals surface area (Å²) in [6.45, 7) is 4.97. The maximum absolute atomic E-state index is 13.8. The molecule has 1 saturated heterocycles. The van der Waals surface area contributed by atoms with Gasteiger partial charge in [0.05, 0.1) is 0 Å². The molecule has 2 nitrogen and oxygen atoms in total. The molecule has 2 atom stereocenters. The molecule has 1 aromatic rings. The van der Waals surface area contributed by atoms with E-state index >= 15 is 0 Å². The quantitative estimate of drug-likeness (QED) is 0.890. The average molecular weight is 250 g/mol. The highest BCUT2D eigenvalue weighted by atomic mass is 19.1. The van der Waals surface area contributed by atoms with Crippen LogP contribution in [0.2, 0.25) is 0 Å². The van der Waals surface area contributed by atoms with E-state index < -0.39 is 0 Å². The summed E-state index contributed by atoms with van der Waals surface area (Å²) >= 11 is 0. The van der Waals surface area contributed by atoms with E-state index in [2.05, 4.69) is 11.8 Å². The molecule has 3 heteroatoms. The second-order valence-corrected chi connectivity index (χ2v) is 5.28. The summed E-state index contributed by atoms with van der Waals surface area (Å²) in [5, 5.41) is 0. The minimum atomic E-state index is -0.0917. The largest absolute Gasteiger partial charge is 0.330 e. The van der Waals surface area contributed by atoms with Gasteiger partial charge in [0.2, 0.25) is 0 Å². The van der Waals surface area contributed by atoms with Gasteiger partial charge in [-0.15, -0.1) is 0 Å². The number of likely N-dealkylation sites (tertiary alicyclic amines) is 1. The normalized spacial score (nSPS) is 22.9. The Labute approximate surface area is 109 Å². The molecular formula is C15H23FN2. The SMILES string of the molecule is CC(c1ccccc1F)N1CCCC(CCN)C1. The van der Waals surface area contributed by atoms with E-state index in [9.17, 15) is 4.39 Å². The molecule has 0 saturated carbocycles. The van der Waals surface area contributed by atoms with Crippen molar-refractivity contribution in [3.05, 3.63) is 35.6 Å². The lowest BCUT2D eigenvalue weighted by molar-refractivity contribution is 0.126. The first-order valence-corrected chi connectivity index (χ1v) is 6.91. The van der Waals surface area contributed by atoms with E-state index in [-0.39, 0.29) is 11.9 Å². The van der Waals surface area contributed by atoms with Crippen molar-refractivity contribution in [1.29, 1.82) is 0 Å². The molecule has 2 rings (SSSR count). The molecule has 0 aliphatic carbocycles. The maximum Gasteiger partial charge on any atom is 0.127 e. The van der Waals surface area contributed by atoms with Gasteiger partial charge in [0.1, 0.15) is 5.82 Å². The Hall–Kier alpha value is -0.930. The Morgan fingerprint density at radius 2 is 2.22 bits per heavy atom. The number of rotatable bonds is 4. The summed E-state index contributed by atoms with van der Waals surface area (Å²) in [6.07, 6.45) is 3.54. The van der Waals surface area contributed by atoms with Crippen molar-refractivity contribution < 1.29 is 4.39 Å². The molecule has 100 valence electrons. The van der Waals surface area contributed by atoms with Gasteiger partial charge < -0.3 is 5.73 Å². The lowest BCUT2D eigenvalue weighted by Crippen LogP contribution is -2.38. The van der Waals surface area contributed by atoms with Gasteiger partial charge in [-0.2, -0.15) is 0 Å². The van der Waals surface area contributed by atoms with Crippen LogP contribution in [0.25, 0.3) is 0 Å². The van der Waals surface area contributed by atoms with Crippen LogP contribution in [0, 0.1) is 11.7 Å². The van der Waals surface area contributed by atoms with Crippen LogP contribution in [-0.4, -0.2) is 24.5 Å². The minimum absolute atomic E-state index is 0.0917. The number of halogens is 1. The van der Waals surface area contributed by atoms with Gasteiger partial charge in [-0.3, -0.25) is 4.90 Å². The van der Waals surface area contributed by atoms with Crippen LogP contribution in [0.1, 0.15) is 37.8 Å². The third-order valence-electron chi connectivity index (χ3n) is 4.03. The van der Waals surface area contributed by atoms with Gasteiger partial charge in [0.15, 0.2) is 0 Å². The van der Waals surface area contributed by atoms with Crippen molar-refractivity contribution in [3.63, 3.8) is 0 Å². The smallest absolute Gasteiger partial charge is 0.127 e. The Morgan fingerprint density at radius 1 is 1.44 bits per heavy atom. The fourth-order valence-electron chi connectivity index (χ4n) is 2.93. The highest BCUT2D eigenvalue weighted by Crippen LogP contribution is 2.28. The van der Waals surface area contributed by atoms with Crippen LogP contribution in [-0.2, 0) is 0 Å². The van der Waals surface area contributed by atoms with Gasteiger partial charge in [0, 0.05) is 18.2 Å². The van der Waals surface area contributed by atoms with E-state index in [1.54, 1.807) is 12.1 Å². The van der Waals surface area contributed by atoms with Crippen LogP contribution in [0.4, 0.5) is 4.39 Å². The van der Waals surface area contributed by atoms with Crippen LogP contribution < -0.4 is 5.73 Å². The molecule has 1 aliphatic heterocycles. The van der Waals surface area contributed by atoms with Crippen molar-refractivity contribution in [3.8, 4) is 0 Å². The van der Waals surface area contributed by atoms with E-state index in [4.69, 9.17) is 5.73 Å². The fraction of sp³-hybridized carbons (Fsp3) is 0.600. The molecule has 0 bridgehead atoms. The molecule has 1 aliphatic rings. The molecule has 1 aromatic carbocycles. The van der Waals surface area contributed by atoms with Crippen LogP contribution in [0.15, 0.2) is 24.3 Å². The number of benzene rings is 1. The van der Waals surface area contributed by atoms with Crippen LogP contribution >= 0.6 is 0 Å². The predicted molar refractivity (Wildman–Crippen MR) is 72.8 cm³/mol. The van der Waals surface area contributed by atoms with Gasteiger partial charge in [-0.1, -0.05) is 18.2 Å². The van der Waals surface area contributed by atoms with E-state index in [1.165, 1.54) is 12.8 Å². The summed E-state index contributed by atoms with van der Waals surface area (Å²) in [5.74, 6) is 0.587. The second kappa shape index (κ2) is 6.30. The van der Waals surface area contributed by atoms with E-state index in [0.29, 0.717) is 5.92 Å². The standard InChI is InChI=1S/C15H23FN2/c1-12(14-6-2-3-7-15(14)16)18-10-4-5-13(11-18)8-9-17/h2-3,6-7,12-13H,4-5,8-11,17H2,1H3. The molecule has 0 aromatic heterocycles. The van der Waals surface area contributed by atoms with Crippen molar-refractivity contribution in [1.82, 2.24) is 4.90 Å². The maximum atomic E-state index is 13.8. The summed E-state index contributed by atoms with van der Waals surface area (Å²) in [6, 6.07) is 7.27. The lowest BCUT2D eigenvalue weighted by Gasteiger charge is -2.37. The zero-order valence-electron chi connectivity index (χ0n) is 11.1. The van der Waals surface area contributed by atoms with E-state index in [0.717, 1.165) is 31.6 Å². The molecule has 0 radical (unpaired) electrons. The highest BCUT2D eigenvalue weighted by Gasteiger charge is 2.25. The Kier molecular flexibility index (Phi) is 4.72. The zero-order chi connectivity index (χ0) is 13.0. The second-order valence-electron chi connectivity index (χ2n) is 5.28. The van der Waals surface area contributed by atoms with Crippen molar-refractivity contribution in [2.75, 3.05) is 19.6 Å². The van der Waals surface area contributed by atoms with Crippen molar-refractivity contribution in [2.45, 2.75) is 32.2 Å². The first-order chi connectivity index (χ1) is 8.72. The highest BCUT2D eigenvalue weighted by molar-refractivity contribution is 5.20.